The van der Waals surface area contributed by atoms with Crippen LogP contribution in [0.2, 0.25) is 0 Å². The molecule has 0 saturated heterocycles. The Morgan fingerprint density at radius 3 is 2.56 bits per heavy atom. The molecule has 0 fully saturated rings. The number of hydrogen-bond donors (Lipinski definition) is 0. The van der Waals surface area contributed by atoms with Crippen LogP contribution in [0, 0.1) is 18.6 Å². The van der Waals surface area contributed by atoms with Gasteiger partial charge in [-0.25, -0.2) is 8.78 Å². The van der Waals surface area contributed by atoms with Crippen LogP contribution >= 0.6 is 11.6 Å². The predicted octanol–water partition coefficient (Wildman–Crippen LogP) is 4.19. The van der Waals surface area contributed by atoms with Gasteiger partial charge in [-0.3, -0.25) is 0 Å². The molecule has 0 N–H and O–H groups in total. The summed E-state index contributed by atoms with van der Waals surface area (Å²) in [6.07, 6.45) is 1.49. The fourth-order valence-corrected chi connectivity index (χ4v) is 1.89. The molecule has 2 aromatic rings. The van der Waals surface area contributed by atoms with E-state index in [2.05, 4.69) is 0 Å². The number of rotatable bonds is 2. The second-order valence-electron chi connectivity index (χ2n) is 3.50. The summed E-state index contributed by atoms with van der Waals surface area (Å²) in [5.41, 5.74) is 1.05. The maximum absolute atomic E-state index is 13.5. The number of halogens is 3. The second-order valence-corrected chi connectivity index (χ2v) is 3.93. The highest BCUT2D eigenvalue weighted by atomic mass is 35.5. The molecular formula is C12H9ClF2O. The SMILES string of the molecule is Cc1ccoc1C(Cl)c1ccc(F)cc1F. The molecule has 4 heteroatoms. The van der Waals surface area contributed by atoms with Crippen LogP contribution in [-0.4, -0.2) is 0 Å². The van der Waals surface area contributed by atoms with E-state index in [1.54, 1.807) is 6.07 Å². The smallest absolute Gasteiger partial charge is 0.131 e. The molecule has 1 aromatic heterocycles. The zero-order valence-corrected chi connectivity index (χ0v) is 9.26. The highest BCUT2D eigenvalue weighted by Gasteiger charge is 2.20. The van der Waals surface area contributed by atoms with Crippen LogP contribution < -0.4 is 0 Å². The third-order valence-corrected chi connectivity index (χ3v) is 2.80. The van der Waals surface area contributed by atoms with Crippen molar-refractivity contribution in [2.24, 2.45) is 0 Å². The molecule has 0 aliphatic heterocycles. The lowest BCUT2D eigenvalue weighted by molar-refractivity contribution is 0.505. The summed E-state index contributed by atoms with van der Waals surface area (Å²) in [6, 6.07) is 5.05. The van der Waals surface area contributed by atoms with E-state index in [9.17, 15) is 8.78 Å². The lowest BCUT2D eigenvalue weighted by atomic mass is 10.1. The fraction of sp³-hybridized carbons (Fsp3) is 0.167. The van der Waals surface area contributed by atoms with Gasteiger partial charge >= 0.3 is 0 Å². The van der Waals surface area contributed by atoms with Gasteiger partial charge < -0.3 is 4.42 Å². The van der Waals surface area contributed by atoms with Crippen molar-refractivity contribution in [3.05, 3.63) is 59.1 Å². The summed E-state index contributed by atoms with van der Waals surface area (Å²) in [7, 11) is 0. The number of furan rings is 1. The van der Waals surface area contributed by atoms with Crippen LogP contribution in [0.25, 0.3) is 0 Å². The van der Waals surface area contributed by atoms with E-state index in [-0.39, 0.29) is 5.56 Å². The van der Waals surface area contributed by atoms with Crippen molar-refractivity contribution < 1.29 is 13.2 Å². The molecule has 1 unspecified atom stereocenters. The van der Waals surface area contributed by atoms with Gasteiger partial charge in [0.05, 0.1) is 6.26 Å². The van der Waals surface area contributed by atoms with Crippen molar-refractivity contribution in [2.45, 2.75) is 12.3 Å². The maximum Gasteiger partial charge on any atom is 0.131 e. The molecule has 1 atom stereocenters. The third kappa shape index (κ3) is 1.95. The minimum Gasteiger partial charge on any atom is -0.467 e. The lowest BCUT2D eigenvalue weighted by Gasteiger charge is -2.09. The van der Waals surface area contributed by atoms with Crippen molar-refractivity contribution in [2.75, 3.05) is 0 Å². The molecule has 1 heterocycles. The van der Waals surface area contributed by atoms with Gasteiger partial charge in [0.1, 0.15) is 22.8 Å². The summed E-state index contributed by atoms with van der Waals surface area (Å²) in [5.74, 6) is -0.816. The summed E-state index contributed by atoms with van der Waals surface area (Å²) < 4.78 is 31.4. The summed E-state index contributed by atoms with van der Waals surface area (Å²) >= 11 is 6.08. The highest BCUT2D eigenvalue weighted by molar-refractivity contribution is 6.22. The van der Waals surface area contributed by atoms with Gasteiger partial charge in [-0.15, -0.1) is 11.6 Å². The van der Waals surface area contributed by atoms with Crippen LogP contribution in [0.4, 0.5) is 8.78 Å². The van der Waals surface area contributed by atoms with E-state index in [1.165, 1.54) is 18.4 Å². The Bertz CT molecular complexity index is 507. The van der Waals surface area contributed by atoms with E-state index in [0.29, 0.717) is 5.76 Å². The number of aryl methyl sites for hydroxylation is 1. The molecular weight excluding hydrogens is 234 g/mol. The standard InChI is InChI=1S/C12H9ClF2O/c1-7-4-5-16-12(7)11(13)9-3-2-8(14)6-10(9)15/h2-6,11H,1H3. The maximum atomic E-state index is 13.5. The molecule has 0 radical (unpaired) electrons. The quantitative estimate of drug-likeness (QED) is 0.720. The van der Waals surface area contributed by atoms with E-state index >= 15 is 0 Å². The van der Waals surface area contributed by atoms with Gasteiger partial charge in [-0.2, -0.15) is 0 Å². The molecule has 0 saturated carbocycles. The average Bonchev–Trinajstić information content (AvgIpc) is 2.63. The van der Waals surface area contributed by atoms with Crippen LogP contribution in [0.3, 0.4) is 0 Å². The molecule has 0 aliphatic rings. The van der Waals surface area contributed by atoms with Gasteiger partial charge in [0.15, 0.2) is 0 Å². The van der Waals surface area contributed by atoms with Gasteiger partial charge in [-0.05, 0) is 24.6 Å². The number of benzene rings is 1. The Hall–Kier alpha value is -1.35. The van der Waals surface area contributed by atoms with Crippen molar-refractivity contribution in [1.29, 1.82) is 0 Å². The first-order valence-corrected chi connectivity index (χ1v) is 5.16. The van der Waals surface area contributed by atoms with Gasteiger partial charge in [0, 0.05) is 11.6 Å². The zero-order chi connectivity index (χ0) is 11.7. The molecule has 16 heavy (non-hydrogen) atoms. The summed E-state index contributed by atoms with van der Waals surface area (Å²) in [5, 5.41) is -0.740. The molecule has 1 nitrogen and oxygen atoms in total. The first-order chi connectivity index (χ1) is 7.59. The van der Waals surface area contributed by atoms with Gasteiger partial charge in [0.25, 0.3) is 0 Å². The second kappa shape index (κ2) is 4.26. The van der Waals surface area contributed by atoms with Crippen molar-refractivity contribution in [3.8, 4) is 0 Å². The Balaban J connectivity index is 2.41. The third-order valence-electron chi connectivity index (χ3n) is 2.37. The van der Waals surface area contributed by atoms with E-state index < -0.39 is 17.0 Å². The van der Waals surface area contributed by atoms with Crippen molar-refractivity contribution >= 4 is 11.6 Å². The Labute approximate surface area is 96.6 Å². The van der Waals surface area contributed by atoms with Crippen molar-refractivity contribution in [1.82, 2.24) is 0 Å². The molecule has 0 aliphatic carbocycles. The zero-order valence-electron chi connectivity index (χ0n) is 8.51. The van der Waals surface area contributed by atoms with Crippen LogP contribution in [0.1, 0.15) is 22.3 Å². The predicted molar refractivity (Wildman–Crippen MR) is 57.5 cm³/mol. The normalized spacial score (nSPS) is 12.8. The van der Waals surface area contributed by atoms with Crippen molar-refractivity contribution in [3.63, 3.8) is 0 Å². The molecule has 0 amide bonds. The van der Waals surface area contributed by atoms with E-state index in [4.69, 9.17) is 16.0 Å². The summed E-state index contributed by atoms with van der Waals surface area (Å²) in [4.78, 5) is 0. The first kappa shape index (κ1) is 11.1. The van der Waals surface area contributed by atoms with Crippen LogP contribution in [0.5, 0.6) is 0 Å². The molecule has 0 bridgehead atoms. The topological polar surface area (TPSA) is 13.1 Å². The Kier molecular flexibility index (Phi) is 2.97. The monoisotopic (exact) mass is 242 g/mol. The Morgan fingerprint density at radius 2 is 2.00 bits per heavy atom. The number of alkyl halides is 1. The van der Waals surface area contributed by atoms with E-state index in [1.807, 2.05) is 6.92 Å². The summed E-state index contributed by atoms with van der Waals surface area (Å²) in [6.45, 7) is 1.82. The average molecular weight is 243 g/mol. The minimum atomic E-state index is -0.740. The Morgan fingerprint density at radius 1 is 1.25 bits per heavy atom. The van der Waals surface area contributed by atoms with Crippen LogP contribution in [0.15, 0.2) is 34.9 Å². The van der Waals surface area contributed by atoms with Crippen LogP contribution in [-0.2, 0) is 0 Å². The molecule has 84 valence electrons. The largest absolute Gasteiger partial charge is 0.467 e. The number of hydrogen-bond acceptors (Lipinski definition) is 1. The molecule has 2 rings (SSSR count). The first-order valence-electron chi connectivity index (χ1n) is 4.72. The van der Waals surface area contributed by atoms with E-state index in [0.717, 1.165) is 11.6 Å². The fourth-order valence-electron chi connectivity index (χ4n) is 1.49. The highest BCUT2D eigenvalue weighted by Crippen LogP contribution is 2.33. The lowest BCUT2D eigenvalue weighted by Crippen LogP contribution is -1.97. The minimum absolute atomic E-state index is 0.209. The van der Waals surface area contributed by atoms with Gasteiger partial charge in [0.2, 0.25) is 0 Å². The molecule has 1 aromatic carbocycles. The molecule has 0 spiro atoms. The van der Waals surface area contributed by atoms with Gasteiger partial charge in [-0.1, -0.05) is 6.07 Å².